The van der Waals surface area contributed by atoms with Gasteiger partial charge >= 0.3 is 0 Å². The highest BCUT2D eigenvalue weighted by molar-refractivity contribution is 6.88. The zero-order valence-electron chi connectivity index (χ0n) is 5.20. The van der Waals surface area contributed by atoms with Gasteiger partial charge in [0.1, 0.15) is 0 Å². The average molecular weight is 126 g/mol. The van der Waals surface area contributed by atoms with E-state index < -0.39 is 20.7 Å². The normalized spacial score (nSPS) is 21.0. The summed E-state index contributed by atoms with van der Waals surface area (Å²) in [5.41, 5.74) is 0. The molecule has 0 aromatic carbocycles. The van der Waals surface area contributed by atoms with Crippen molar-refractivity contribution in [1.29, 1.82) is 0 Å². The third-order valence-electron chi connectivity index (χ3n) is 1.63. The molecule has 48 valence electrons. The van der Waals surface area contributed by atoms with Gasteiger partial charge in [-0.3, -0.25) is 0 Å². The summed E-state index contributed by atoms with van der Waals surface area (Å²) < 4.78 is 0. The van der Waals surface area contributed by atoms with Crippen LogP contribution in [0.15, 0.2) is 0 Å². The summed E-state index contributed by atoms with van der Waals surface area (Å²) >= 11 is 0. The first kappa shape index (κ1) is 7.19. The highest BCUT2D eigenvalue weighted by atomic mass is 16.2. The van der Waals surface area contributed by atoms with Gasteiger partial charge in [-0.1, -0.05) is 0 Å². The lowest BCUT2D eigenvalue weighted by molar-refractivity contribution is 0.530. The molecule has 0 unspecified atom stereocenters. The first-order valence-electron chi connectivity index (χ1n) is 3.22. The van der Waals surface area contributed by atoms with Gasteiger partial charge in [-0.25, -0.2) is 0 Å². The number of hydrogen-bond donors (Lipinski definition) is 3. The molecule has 6 heteroatoms. The standard InChI is InChI=1S/C3H9B3O3/c7-4-1-5(8)3-6(9)2-4/h7-9H,1-3H2. The van der Waals surface area contributed by atoms with Gasteiger partial charge in [-0.2, -0.15) is 0 Å². The first-order valence-corrected chi connectivity index (χ1v) is 3.22. The largest absolute Gasteiger partial charge is 0.452 e. The van der Waals surface area contributed by atoms with Crippen molar-refractivity contribution < 1.29 is 15.1 Å². The van der Waals surface area contributed by atoms with E-state index in [0.717, 1.165) is 0 Å². The lowest BCUT2D eigenvalue weighted by Crippen LogP contribution is -2.39. The molecule has 1 aliphatic heterocycles. The van der Waals surface area contributed by atoms with Gasteiger partial charge in [0.15, 0.2) is 0 Å². The van der Waals surface area contributed by atoms with Crippen molar-refractivity contribution in [2.45, 2.75) is 18.7 Å². The number of rotatable bonds is 0. The average Bonchev–Trinajstić information content (AvgIpc) is 1.59. The summed E-state index contributed by atoms with van der Waals surface area (Å²) in [4.78, 5) is 0. The monoisotopic (exact) mass is 126 g/mol. The van der Waals surface area contributed by atoms with Gasteiger partial charge in [-0.15, -0.1) is 0 Å². The van der Waals surface area contributed by atoms with E-state index in [1.165, 1.54) is 0 Å². The summed E-state index contributed by atoms with van der Waals surface area (Å²) in [6.45, 7) is -1.53. The van der Waals surface area contributed by atoms with Gasteiger partial charge in [0.2, 0.25) is 0 Å². The lowest BCUT2D eigenvalue weighted by Gasteiger charge is -2.17. The van der Waals surface area contributed by atoms with Crippen molar-refractivity contribution >= 4 is 20.7 Å². The fraction of sp³-hybridized carbons (Fsp3) is 1.00. The van der Waals surface area contributed by atoms with E-state index in [-0.39, 0.29) is 0 Å². The van der Waals surface area contributed by atoms with Crippen LogP contribution in [0.1, 0.15) is 0 Å². The molecule has 1 aliphatic rings. The van der Waals surface area contributed by atoms with Crippen LogP contribution in [0.5, 0.6) is 0 Å². The second kappa shape index (κ2) is 2.77. The van der Waals surface area contributed by atoms with Crippen LogP contribution in [-0.4, -0.2) is 35.8 Å². The summed E-state index contributed by atoms with van der Waals surface area (Å²) in [6.07, 6.45) is 1.24. The minimum atomic E-state index is -0.510. The van der Waals surface area contributed by atoms with Gasteiger partial charge in [0, 0.05) is 0 Å². The van der Waals surface area contributed by atoms with Crippen LogP contribution in [-0.2, 0) is 0 Å². The third kappa shape index (κ3) is 2.04. The molecule has 3 nitrogen and oxygen atoms in total. The van der Waals surface area contributed by atoms with E-state index in [2.05, 4.69) is 0 Å². The van der Waals surface area contributed by atoms with Crippen LogP contribution >= 0.6 is 0 Å². The maximum absolute atomic E-state index is 8.93. The topological polar surface area (TPSA) is 60.7 Å². The molecule has 0 amide bonds. The van der Waals surface area contributed by atoms with Gasteiger partial charge in [0.05, 0.1) is 0 Å². The predicted octanol–water partition coefficient (Wildman–Crippen LogP) is -1.43. The van der Waals surface area contributed by atoms with Crippen molar-refractivity contribution in [3.8, 4) is 0 Å². The molecule has 0 spiro atoms. The molecule has 3 N–H and O–H groups in total. The highest BCUT2D eigenvalue weighted by Crippen LogP contribution is 2.13. The molecule has 1 rings (SSSR count). The van der Waals surface area contributed by atoms with Crippen LogP contribution in [0.2, 0.25) is 18.7 Å². The van der Waals surface area contributed by atoms with Crippen LogP contribution in [0.25, 0.3) is 0 Å². The Bertz CT molecular complexity index is 75.3. The Balaban J connectivity index is 2.34. The molecule has 0 atom stereocenters. The first-order chi connectivity index (χ1) is 4.18. The Labute approximate surface area is 55.4 Å². The molecule has 0 aliphatic carbocycles. The molecular weight excluding hydrogens is 116 g/mol. The zero-order chi connectivity index (χ0) is 6.85. The van der Waals surface area contributed by atoms with Crippen molar-refractivity contribution in [2.24, 2.45) is 0 Å². The molecule has 0 radical (unpaired) electrons. The minimum Gasteiger partial charge on any atom is -0.452 e. The van der Waals surface area contributed by atoms with E-state index in [1.54, 1.807) is 0 Å². The van der Waals surface area contributed by atoms with Crippen LogP contribution in [0.4, 0.5) is 0 Å². The molecular formula is C3H9B3O3. The summed E-state index contributed by atoms with van der Waals surface area (Å²) in [5.74, 6) is 0. The molecule has 0 aromatic heterocycles. The number of hydrogen-bond acceptors (Lipinski definition) is 3. The smallest absolute Gasteiger partial charge is 0.279 e. The molecule has 0 saturated carbocycles. The van der Waals surface area contributed by atoms with Crippen LogP contribution in [0, 0.1) is 0 Å². The maximum atomic E-state index is 8.93. The zero-order valence-corrected chi connectivity index (χ0v) is 5.20. The molecule has 9 heavy (non-hydrogen) atoms. The molecule has 1 heterocycles. The third-order valence-corrected chi connectivity index (χ3v) is 1.63. The van der Waals surface area contributed by atoms with Crippen LogP contribution < -0.4 is 0 Å². The Morgan fingerprint density at radius 3 is 1.11 bits per heavy atom. The van der Waals surface area contributed by atoms with E-state index >= 15 is 0 Å². The molecule has 1 fully saturated rings. The SMILES string of the molecule is OB1CB(O)CB(O)C1. The molecule has 1 saturated heterocycles. The Hall–Kier alpha value is 0.0748. The Morgan fingerprint density at radius 2 is 0.889 bits per heavy atom. The van der Waals surface area contributed by atoms with Gasteiger partial charge in [-0.05, 0) is 18.7 Å². The molecule has 0 aromatic rings. The maximum Gasteiger partial charge on any atom is 0.279 e. The minimum absolute atomic E-state index is 0.414. The Morgan fingerprint density at radius 1 is 0.667 bits per heavy atom. The van der Waals surface area contributed by atoms with Crippen molar-refractivity contribution in [3.63, 3.8) is 0 Å². The van der Waals surface area contributed by atoms with Crippen molar-refractivity contribution in [2.75, 3.05) is 0 Å². The summed E-state index contributed by atoms with van der Waals surface area (Å²) in [7, 11) is 0. The van der Waals surface area contributed by atoms with E-state index in [9.17, 15) is 0 Å². The predicted molar refractivity (Wildman–Crippen MR) is 38.3 cm³/mol. The van der Waals surface area contributed by atoms with E-state index in [1.807, 2.05) is 0 Å². The fourth-order valence-electron chi connectivity index (χ4n) is 1.23. The summed E-state index contributed by atoms with van der Waals surface area (Å²) in [6, 6.07) is 0. The quantitative estimate of drug-likeness (QED) is 0.348. The van der Waals surface area contributed by atoms with Gasteiger partial charge in [0.25, 0.3) is 20.7 Å². The van der Waals surface area contributed by atoms with Gasteiger partial charge < -0.3 is 15.1 Å². The highest BCUT2D eigenvalue weighted by Gasteiger charge is 2.33. The molecule has 0 bridgehead atoms. The van der Waals surface area contributed by atoms with E-state index in [0.29, 0.717) is 18.7 Å². The van der Waals surface area contributed by atoms with E-state index in [4.69, 9.17) is 15.1 Å². The van der Waals surface area contributed by atoms with Crippen LogP contribution in [0.3, 0.4) is 0 Å². The second-order valence-electron chi connectivity index (χ2n) is 2.67. The summed E-state index contributed by atoms with van der Waals surface area (Å²) in [5, 5.41) is 26.8. The van der Waals surface area contributed by atoms with Crippen molar-refractivity contribution in [3.05, 3.63) is 0 Å². The lowest BCUT2D eigenvalue weighted by atomic mass is 9.23. The van der Waals surface area contributed by atoms with Crippen molar-refractivity contribution in [1.82, 2.24) is 0 Å². The fourth-order valence-corrected chi connectivity index (χ4v) is 1.23. The Kier molecular flexibility index (Phi) is 2.21. The second-order valence-corrected chi connectivity index (χ2v) is 2.67.